The third-order valence-electron chi connectivity index (χ3n) is 2.32. The number of fused-ring (bicyclic) bond motifs is 1. The summed E-state index contributed by atoms with van der Waals surface area (Å²) in [5, 5.41) is 1.32. The van der Waals surface area contributed by atoms with E-state index in [1.807, 2.05) is 0 Å². The van der Waals surface area contributed by atoms with E-state index in [4.69, 9.17) is 0 Å². The highest BCUT2D eigenvalue weighted by molar-refractivity contribution is 14.1. The molecule has 74 valence electrons. The Morgan fingerprint density at radius 1 is 1.36 bits per heavy atom. The Hall–Kier alpha value is -0.0300. The van der Waals surface area contributed by atoms with Crippen LogP contribution >= 0.6 is 38.5 Å². The number of halogens is 2. The topological polar surface area (TPSA) is 4.93 Å². The fourth-order valence-electron chi connectivity index (χ4n) is 1.65. The van der Waals surface area contributed by atoms with Crippen LogP contribution in [0, 0.1) is 3.57 Å². The molecule has 14 heavy (non-hydrogen) atoms. The van der Waals surface area contributed by atoms with Crippen molar-refractivity contribution in [3.05, 3.63) is 32.4 Å². The average molecular weight is 364 g/mol. The van der Waals surface area contributed by atoms with Gasteiger partial charge in [0.1, 0.15) is 0 Å². The van der Waals surface area contributed by atoms with Crippen LogP contribution in [0.5, 0.6) is 0 Å². The molecule has 0 saturated heterocycles. The third-order valence-corrected chi connectivity index (χ3v) is 3.80. The summed E-state index contributed by atoms with van der Waals surface area (Å²) in [6.45, 7) is 4.41. The maximum Gasteiger partial charge on any atom is 0.0505 e. The molecule has 1 heterocycles. The van der Waals surface area contributed by atoms with Crippen LogP contribution in [0.25, 0.3) is 10.9 Å². The Kier molecular flexibility index (Phi) is 2.88. The molecule has 0 fully saturated rings. The SMILES string of the molecule is CC(C)n1cc(I)c2c(Br)cccc21. The zero-order valence-electron chi connectivity index (χ0n) is 8.09. The predicted molar refractivity (Wildman–Crippen MR) is 72.7 cm³/mol. The van der Waals surface area contributed by atoms with Crippen LogP contribution in [0.4, 0.5) is 0 Å². The fraction of sp³-hybridized carbons (Fsp3) is 0.273. The van der Waals surface area contributed by atoms with Gasteiger partial charge in [0.05, 0.1) is 5.52 Å². The number of rotatable bonds is 1. The summed E-state index contributed by atoms with van der Waals surface area (Å²) in [6, 6.07) is 6.86. The highest BCUT2D eigenvalue weighted by Gasteiger charge is 2.10. The summed E-state index contributed by atoms with van der Waals surface area (Å²) in [4.78, 5) is 0. The summed E-state index contributed by atoms with van der Waals surface area (Å²) in [6.07, 6.45) is 2.21. The highest BCUT2D eigenvalue weighted by Crippen LogP contribution is 2.31. The summed E-state index contributed by atoms with van der Waals surface area (Å²) in [5.41, 5.74) is 1.30. The van der Waals surface area contributed by atoms with E-state index in [-0.39, 0.29) is 0 Å². The van der Waals surface area contributed by atoms with Crippen LogP contribution in [-0.4, -0.2) is 4.57 Å². The second-order valence-electron chi connectivity index (χ2n) is 3.61. The van der Waals surface area contributed by atoms with E-state index >= 15 is 0 Å². The lowest BCUT2D eigenvalue weighted by Crippen LogP contribution is -1.97. The van der Waals surface area contributed by atoms with E-state index in [1.54, 1.807) is 0 Å². The molecule has 2 rings (SSSR count). The van der Waals surface area contributed by atoms with E-state index in [1.165, 1.54) is 18.9 Å². The summed E-state index contributed by atoms with van der Waals surface area (Å²) in [7, 11) is 0. The van der Waals surface area contributed by atoms with Gasteiger partial charge in [-0.05, 0) is 48.6 Å². The van der Waals surface area contributed by atoms with E-state index in [0.29, 0.717) is 6.04 Å². The van der Waals surface area contributed by atoms with Gasteiger partial charge in [0.2, 0.25) is 0 Å². The Morgan fingerprint density at radius 3 is 2.71 bits per heavy atom. The third kappa shape index (κ3) is 1.60. The minimum atomic E-state index is 0.510. The molecule has 0 bridgehead atoms. The van der Waals surface area contributed by atoms with Crippen molar-refractivity contribution in [1.82, 2.24) is 4.57 Å². The standard InChI is InChI=1S/C11H11BrIN/c1-7(2)14-6-9(13)11-8(12)4-3-5-10(11)14/h3-7H,1-2H3. The first-order valence-electron chi connectivity index (χ1n) is 4.56. The summed E-state index contributed by atoms with van der Waals surface area (Å²) in [5.74, 6) is 0. The molecule has 1 aromatic carbocycles. The van der Waals surface area contributed by atoms with Gasteiger partial charge in [-0.1, -0.05) is 22.0 Å². The van der Waals surface area contributed by atoms with E-state index in [2.05, 4.69) is 81.3 Å². The van der Waals surface area contributed by atoms with Crippen molar-refractivity contribution in [2.24, 2.45) is 0 Å². The molecule has 0 spiro atoms. The van der Waals surface area contributed by atoms with Crippen LogP contribution in [0.15, 0.2) is 28.9 Å². The first-order chi connectivity index (χ1) is 6.61. The van der Waals surface area contributed by atoms with Crippen LogP contribution in [0.2, 0.25) is 0 Å². The van der Waals surface area contributed by atoms with Crippen LogP contribution in [0.1, 0.15) is 19.9 Å². The lowest BCUT2D eigenvalue weighted by Gasteiger charge is -2.08. The van der Waals surface area contributed by atoms with Crippen molar-refractivity contribution in [3.63, 3.8) is 0 Å². The zero-order chi connectivity index (χ0) is 10.3. The molecule has 1 nitrogen and oxygen atoms in total. The molecule has 0 N–H and O–H groups in total. The van der Waals surface area contributed by atoms with Gasteiger partial charge >= 0.3 is 0 Å². The molecule has 0 unspecified atom stereocenters. The molecule has 0 amide bonds. The van der Waals surface area contributed by atoms with E-state index in [0.717, 1.165) is 0 Å². The smallest absolute Gasteiger partial charge is 0.0505 e. The molecule has 0 saturated carbocycles. The number of benzene rings is 1. The lowest BCUT2D eigenvalue weighted by atomic mass is 10.2. The largest absolute Gasteiger partial charge is 0.344 e. The van der Waals surface area contributed by atoms with Gasteiger partial charge in [-0.25, -0.2) is 0 Å². The van der Waals surface area contributed by atoms with Gasteiger partial charge in [0, 0.05) is 25.7 Å². The molecule has 0 atom stereocenters. The Bertz CT molecular complexity index is 473. The number of hydrogen-bond donors (Lipinski definition) is 0. The molecule has 0 radical (unpaired) electrons. The quantitative estimate of drug-likeness (QED) is 0.653. The highest BCUT2D eigenvalue weighted by atomic mass is 127. The normalized spacial score (nSPS) is 11.5. The zero-order valence-corrected chi connectivity index (χ0v) is 11.8. The molecule has 0 aliphatic heterocycles. The molecule has 2 aromatic rings. The van der Waals surface area contributed by atoms with Gasteiger partial charge in [-0.2, -0.15) is 0 Å². The van der Waals surface area contributed by atoms with Gasteiger partial charge in [0.25, 0.3) is 0 Å². The second kappa shape index (κ2) is 3.85. The van der Waals surface area contributed by atoms with E-state index < -0.39 is 0 Å². The summed E-state index contributed by atoms with van der Waals surface area (Å²) >= 11 is 5.98. The summed E-state index contributed by atoms with van der Waals surface area (Å²) < 4.78 is 4.79. The van der Waals surface area contributed by atoms with Crippen LogP contribution in [-0.2, 0) is 0 Å². The molecule has 3 heteroatoms. The Balaban J connectivity index is 2.84. The Labute approximate surface area is 106 Å². The van der Waals surface area contributed by atoms with Crippen LogP contribution in [0.3, 0.4) is 0 Å². The molecule has 0 aliphatic rings. The number of aromatic nitrogens is 1. The fourth-order valence-corrected chi connectivity index (χ4v) is 3.45. The maximum absolute atomic E-state index is 3.59. The van der Waals surface area contributed by atoms with Crippen molar-refractivity contribution in [3.8, 4) is 0 Å². The first-order valence-corrected chi connectivity index (χ1v) is 6.43. The first kappa shape index (κ1) is 10.5. The average Bonchev–Trinajstić information content (AvgIpc) is 2.45. The second-order valence-corrected chi connectivity index (χ2v) is 5.63. The van der Waals surface area contributed by atoms with Crippen molar-refractivity contribution >= 4 is 49.4 Å². The Morgan fingerprint density at radius 2 is 2.07 bits per heavy atom. The minimum absolute atomic E-state index is 0.510. The lowest BCUT2D eigenvalue weighted by molar-refractivity contribution is 0.622. The molecular weight excluding hydrogens is 353 g/mol. The van der Waals surface area contributed by atoms with Crippen molar-refractivity contribution < 1.29 is 0 Å². The van der Waals surface area contributed by atoms with Gasteiger partial charge < -0.3 is 4.57 Å². The number of nitrogens with zero attached hydrogens (tertiary/aromatic N) is 1. The van der Waals surface area contributed by atoms with Crippen molar-refractivity contribution in [2.45, 2.75) is 19.9 Å². The van der Waals surface area contributed by atoms with Crippen molar-refractivity contribution in [2.75, 3.05) is 0 Å². The monoisotopic (exact) mass is 363 g/mol. The maximum atomic E-state index is 3.59. The van der Waals surface area contributed by atoms with E-state index in [9.17, 15) is 0 Å². The predicted octanol–water partition coefficient (Wildman–Crippen LogP) is 4.59. The number of hydrogen-bond acceptors (Lipinski definition) is 0. The molecule has 0 aliphatic carbocycles. The van der Waals surface area contributed by atoms with Crippen molar-refractivity contribution in [1.29, 1.82) is 0 Å². The molecule has 1 aromatic heterocycles. The van der Waals surface area contributed by atoms with Crippen LogP contribution < -0.4 is 0 Å². The molecular formula is C11H11BrIN. The van der Waals surface area contributed by atoms with Gasteiger partial charge in [-0.15, -0.1) is 0 Å². The van der Waals surface area contributed by atoms with Gasteiger partial charge in [-0.3, -0.25) is 0 Å². The van der Waals surface area contributed by atoms with Gasteiger partial charge in [0.15, 0.2) is 0 Å². The minimum Gasteiger partial charge on any atom is -0.344 e.